The van der Waals surface area contributed by atoms with E-state index < -0.39 is 0 Å². The van der Waals surface area contributed by atoms with Gasteiger partial charge in [-0.3, -0.25) is 4.79 Å². The van der Waals surface area contributed by atoms with E-state index >= 15 is 0 Å². The number of benzene rings is 1. The van der Waals surface area contributed by atoms with Crippen molar-refractivity contribution in [3.05, 3.63) is 71.8 Å². The van der Waals surface area contributed by atoms with E-state index in [1.54, 1.807) is 18.1 Å². The van der Waals surface area contributed by atoms with Crippen molar-refractivity contribution in [2.24, 2.45) is 0 Å². The first-order valence-corrected chi connectivity index (χ1v) is 9.29. The molecule has 0 aliphatic rings. The average molecular weight is 374 g/mol. The van der Waals surface area contributed by atoms with Crippen molar-refractivity contribution >= 4 is 16.9 Å². The molecule has 0 bridgehead atoms. The van der Waals surface area contributed by atoms with Gasteiger partial charge in [0, 0.05) is 19.2 Å². The van der Waals surface area contributed by atoms with E-state index in [0.29, 0.717) is 18.7 Å². The molecule has 1 amide bonds. The highest BCUT2D eigenvalue weighted by Crippen LogP contribution is 2.26. The largest absolute Gasteiger partial charge is 0.464 e. The number of hydrogen-bond acceptors (Lipinski definition) is 4. The van der Waals surface area contributed by atoms with E-state index in [-0.39, 0.29) is 5.91 Å². The standard InChI is InChI=1S/C22H22N4O2/c1-4-26-21-19(13-23-26)18(12-20(24-21)16-8-6-5-7-9-16)22(27)25(3)14-17-11-10-15(2)28-17/h5-13H,4,14H2,1-3H3. The first-order valence-electron chi connectivity index (χ1n) is 9.29. The maximum Gasteiger partial charge on any atom is 0.254 e. The highest BCUT2D eigenvalue weighted by atomic mass is 16.3. The van der Waals surface area contributed by atoms with Crippen LogP contribution in [0.3, 0.4) is 0 Å². The van der Waals surface area contributed by atoms with Crippen molar-refractivity contribution in [3.63, 3.8) is 0 Å². The van der Waals surface area contributed by atoms with Gasteiger partial charge in [-0.25, -0.2) is 9.67 Å². The molecule has 3 heterocycles. The van der Waals surface area contributed by atoms with Crippen molar-refractivity contribution in [3.8, 4) is 11.3 Å². The van der Waals surface area contributed by atoms with Gasteiger partial charge in [0.25, 0.3) is 5.91 Å². The van der Waals surface area contributed by atoms with Gasteiger partial charge in [0.2, 0.25) is 0 Å². The van der Waals surface area contributed by atoms with Crippen LogP contribution in [0.4, 0.5) is 0 Å². The number of fused-ring (bicyclic) bond motifs is 1. The predicted molar refractivity (Wildman–Crippen MR) is 108 cm³/mol. The zero-order chi connectivity index (χ0) is 19.7. The second-order valence-electron chi connectivity index (χ2n) is 6.79. The molecular weight excluding hydrogens is 352 g/mol. The van der Waals surface area contributed by atoms with Crippen LogP contribution in [-0.2, 0) is 13.1 Å². The minimum atomic E-state index is -0.0886. The number of carbonyl (C=O) groups excluding carboxylic acids is 1. The molecule has 0 saturated heterocycles. The molecule has 6 nitrogen and oxygen atoms in total. The first-order chi connectivity index (χ1) is 13.6. The Hall–Kier alpha value is -3.41. The summed E-state index contributed by atoms with van der Waals surface area (Å²) in [7, 11) is 1.78. The predicted octanol–water partition coefficient (Wildman–Crippen LogP) is 4.29. The van der Waals surface area contributed by atoms with Crippen molar-refractivity contribution < 1.29 is 9.21 Å². The van der Waals surface area contributed by atoms with Crippen molar-refractivity contribution in [1.29, 1.82) is 0 Å². The summed E-state index contributed by atoms with van der Waals surface area (Å²) in [5.41, 5.74) is 3.03. The summed E-state index contributed by atoms with van der Waals surface area (Å²) < 4.78 is 7.43. The lowest BCUT2D eigenvalue weighted by atomic mass is 10.1. The molecule has 28 heavy (non-hydrogen) atoms. The number of hydrogen-bond donors (Lipinski definition) is 0. The molecule has 0 fully saturated rings. The Morgan fingerprint density at radius 2 is 1.96 bits per heavy atom. The van der Waals surface area contributed by atoms with Gasteiger partial charge in [-0.05, 0) is 32.0 Å². The molecule has 142 valence electrons. The molecule has 0 aliphatic carbocycles. The van der Waals surface area contributed by atoms with Crippen LogP contribution in [0, 0.1) is 6.92 Å². The Balaban J connectivity index is 1.78. The van der Waals surface area contributed by atoms with Gasteiger partial charge in [0.05, 0.1) is 29.4 Å². The zero-order valence-corrected chi connectivity index (χ0v) is 16.2. The number of carbonyl (C=O) groups is 1. The van der Waals surface area contributed by atoms with Crippen LogP contribution < -0.4 is 0 Å². The minimum Gasteiger partial charge on any atom is -0.464 e. The second-order valence-corrected chi connectivity index (χ2v) is 6.79. The first kappa shape index (κ1) is 18.0. The summed E-state index contributed by atoms with van der Waals surface area (Å²) in [5, 5.41) is 5.16. The molecule has 0 radical (unpaired) electrons. The number of amides is 1. The Morgan fingerprint density at radius 1 is 1.18 bits per heavy atom. The van der Waals surface area contributed by atoms with Gasteiger partial charge < -0.3 is 9.32 Å². The topological polar surface area (TPSA) is 64.2 Å². The lowest BCUT2D eigenvalue weighted by molar-refractivity contribution is 0.0777. The van der Waals surface area contributed by atoms with Gasteiger partial charge in [-0.1, -0.05) is 30.3 Å². The second kappa shape index (κ2) is 7.31. The number of aryl methyl sites for hydroxylation is 2. The van der Waals surface area contributed by atoms with Crippen LogP contribution >= 0.6 is 0 Å². The lowest BCUT2D eigenvalue weighted by Gasteiger charge is -2.17. The molecular formula is C22H22N4O2. The van der Waals surface area contributed by atoms with Crippen molar-refractivity contribution in [2.45, 2.75) is 26.9 Å². The number of rotatable bonds is 5. The Morgan fingerprint density at radius 3 is 2.64 bits per heavy atom. The lowest BCUT2D eigenvalue weighted by Crippen LogP contribution is -2.26. The monoisotopic (exact) mass is 374 g/mol. The summed E-state index contributed by atoms with van der Waals surface area (Å²) in [6.07, 6.45) is 1.72. The van der Waals surface area contributed by atoms with Crippen LogP contribution in [0.1, 0.15) is 28.8 Å². The molecule has 6 heteroatoms. The van der Waals surface area contributed by atoms with E-state index in [1.165, 1.54) is 0 Å². The number of nitrogens with zero attached hydrogens (tertiary/aromatic N) is 4. The summed E-state index contributed by atoms with van der Waals surface area (Å²) in [5.74, 6) is 1.50. The quantitative estimate of drug-likeness (QED) is 0.523. The summed E-state index contributed by atoms with van der Waals surface area (Å²) >= 11 is 0. The molecule has 0 saturated carbocycles. The van der Waals surface area contributed by atoms with Crippen molar-refractivity contribution in [1.82, 2.24) is 19.7 Å². The van der Waals surface area contributed by atoms with Crippen LogP contribution in [-0.4, -0.2) is 32.6 Å². The summed E-state index contributed by atoms with van der Waals surface area (Å²) in [4.78, 5) is 19.7. The number of aromatic nitrogens is 3. The highest BCUT2D eigenvalue weighted by molar-refractivity contribution is 6.06. The average Bonchev–Trinajstić information content (AvgIpc) is 3.32. The van der Waals surface area contributed by atoms with Gasteiger partial charge in [0.15, 0.2) is 5.65 Å². The van der Waals surface area contributed by atoms with E-state index in [2.05, 4.69) is 5.10 Å². The maximum absolute atomic E-state index is 13.3. The maximum atomic E-state index is 13.3. The van der Waals surface area contributed by atoms with Gasteiger partial charge in [-0.15, -0.1) is 0 Å². The van der Waals surface area contributed by atoms with Gasteiger partial charge in [0.1, 0.15) is 11.5 Å². The molecule has 0 atom stereocenters. The third-order valence-corrected chi connectivity index (χ3v) is 4.74. The third-order valence-electron chi connectivity index (χ3n) is 4.74. The van der Waals surface area contributed by atoms with Crippen LogP contribution in [0.15, 0.2) is 59.1 Å². The van der Waals surface area contributed by atoms with Gasteiger partial charge >= 0.3 is 0 Å². The molecule has 4 aromatic rings. The van der Waals surface area contributed by atoms with E-state index in [1.807, 2.05) is 67.1 Å². The molecule has 0 aliphatic heterocycles. The third kappa shape index (κ3) is 3.29. The minimum absolute atomic E-state index is 0.0886. The Kier molecular flexibility index (Phi) is 4.69. The molecule has 1 aromatic carbocycles. The van der Waals surface area contributed by atoms with E-state index in [4.69, 9.17) is 9.40 Å². The fraction of sp³-hybridized carbons (Fsp3) is 0.227. The Labute approximate surface area is 163 Å². The zero-order valence-electron chi connectivity index (χ0n) is 16.2. The molecule has 0 spiro atoms. The normalized spacial score (nSPS) is 11.1. The number of furan rings is 1. The molecule has 0 N–H and O–H groups in total. The fourth-order valence-corrected chi connectivity index (χ4v) is 3.29. The van der Waals surface area contributed by atoms with E-state index in [9.17, 15) is 4.79 Å². The van der Waals surface area contributed by atoms with E-state index in [0.717, 1.165) is 33.8 Å². The molecule has 0 unspecified atom stereocenters. The van der Waals surface area contributed by atoms with Gasteiger partial charge in [-0.2, -0.15) is 5.10 Å². The summed E-state index contributed by atoms with van der Waals surface area (Å²) in [6, 6.07) is 15.5. The fourth-order valence-electron chi connectivity index (χ4n) is 3.29. The Bertz CT molecular complexity index is 1130. The number of pyridine rings is 1. The van der Waals surface area contributed by atoms with Crippen molar-refractivity contribution in [2.75, 3.05) is 7.05 Å². The molecule has 4 rings (SSSR count). The smallest absolute Gasteiger partial charge is 0.254 e. The van der Waals surface area contributed by atoms with Crippen LogP contribution in [0.2, 0.25) is 0 Å². The van der Waals surface area contributed by atoms with Crippen LogP contribution in [0.5, 0.6) is 0 Å². The highest BCUT2D eigenvalue weighted by Gasteiger charge is 2.20. The summed E-state index contributed by atoms with van der Waals surface area (Å²) in [6.45, 7) is 4.99. The molecule has 3 aromatic heterocycles. The SMILES string of the molecule is CCn1ncc2c(C(=O)N(C)Cc3ccc(C)o3)cc(-c3ccccc3)nc21. The van der Waals surface area contributed by atoms with Crippen LogP contribution in [0.25, 0.3) is 22.3 Å².